The number of carbonyl (C=O) groups excluding carboxylic acids is 1. The summed E-state index contributed by atoms with van der Waals surface area (Å²) in [5.74, 6) is -0.893. The molecule has 0 saturated carbocycles. The Bertz CT molecular complexity index is 1330. The van der Waals surface area contributed by atoms with Gasteiger partial charge in [0.1, 0.15) is 36.0 Å². The van der Waals surface area contributed by atoms with Crippen molar-refractivity contribution in [3.8, 4) is 11.8 Å². The summed E-state index contributed by atoms with van der Waals surface area (Å²) in [5, 5.41) is 8.80. The molecule has 190 valence electrons. The number of nitrogens with two attached hydrogens (primary N) is 2. The van der Waals surface area contributed by atoms with Gasteiger partial charge < -0.3 is 30.8 Å². The number of nitrogen functional groups attached to an aromatic ring is 2. The van der Waals surface area contributed by atoms with Crippen LogP contribution < -0.4 is 20.9 Å². The van der Waals surface area contributed by atoms with E-state index in [1.165, 1.54) is 25.3 Å². The number of hydrogen-bond acceptors (Lipinski definition) is 9. The second kappa shape index (κ2) is 13.1. The van der Waals surface area contributed by atoms with Gasteiger partial charge in [-0.3, -0.25) is 0 Å². The molecule has 4 rings (SSSR count). The molecule has 4 aromatic rings. The Morgan fingerprint density at radius 1 is 0.703 bits per heavy atom. The lowest BCUT2D eigenvalue weighted by Gasteiger charge is -2.07. The Balaban J connectivity index is 0.000000206. The number of pyridine rings is 2. The number of nitrogens with zero attached hydrogens (tertiary/aromatic N) is 2. The maximum Gasteiger partial charge on any atom is 0.341 e. The highest BCUT2D eigenvalue weighted by molar-refractivity contribution is 5.94. The minimum absolute atomic E-state index is 0.0259. The first-order chi connectivity index (χ1) is 17.9. The largest absolute Gasteiger partial charge is 0.478 e. The molecule has 0 aliphatic rings. The molecule has 10 nitrogen and oxygen atoms in total. The van der Waals surface area contributed by atoms with Crippen LogP contribution in [-0.2, 0) is 18.0 Å². The number of ether oxygens (including phenoxy) is 3. The second-order valence-corrected chi connectivity index (χ2v) is 7.51. The van der Waals surface area contributed by atoms with Gasteiger partial charge in [-0.1, -0.05) is 60.7 Å². The SMILES string of the molecule is COC(=O)c1ccc(OCc2ccccc2)nc1N.Nc1nc(OCc2ccccc2)ccc1C(=O)O. The Morgan fingerprint density at radius 2 is 1.14 bits per heavy atom. The van der Waals surface area contributed by atoms with E-state index in [1.807, 2.05) is 60.7 Å². The van der Waals surface area contributed by atoms with Crippen LogP contribution in [0.3, 0.4) is 0 Å². The zero-order valence-corrected chi connectivity index (χ0v) is 20.0. The molecule has 10 heteroatoms. The van der Waals surface area contributed by atoms with Crippen LogP contribution in [0.4, 0.5) is 11.6 Å². The quantitative estimate of drug-likeness (QED) is 0.301. The van der Waals surface area contributed by atoms with Crippen molar-refractivity contribution in [2.45, 2.75) is 13.2 Å². The van der Waals surface area contributed by atoms with Crippen molar-refractivity contribution in [1.29, 1.82) is 0 Å². The maximum atomic E-state index is 11.3. The Hall–Kier alpha value is -5.12. The average molecular weight is 503 g/mol. The molecule has 5 N–H and O–H groups in total. The van der Waals surface area contributed by atoms with Gasteiger partial charge in [-0.2, -0.15) is 9.97 Å². The van der Waals surface area contributed by atoms with E-state index < -0.39 is 11.9 Å². The molecule has 0 bridgehead atoms. The van der Waals surface area contributed by atoms with E-state index in [-0.39, 0.29) is 22.8 Å². The van der Waals surface area contributed by atoms with Gasteiger partial charge in [0.2, 0.25) is 11.8 Å². The first kappa shape index (κ1) is 26.5. The summed E-state index contributed by atoms with van der Waals surface area (Å²) in [6, 6.07) is 25.3. The number of carboxylic acid groups (broad SMARTS) is 1. The van der Waals surface area contributed by atoms with Crippen molar-refractivity contribution in [2.75, 3.05) is 18.6 Å². The zero-order chi connectivity index (χ0) is 26.6. The van der Waals surface area contributed by atoms with Crippen LogP contribution in [-0.4, -0.2) is 34.1 Å². The molecule has 0 unspecified atom stereocenters. The summed E-state index contributed by atoms with van der Waals surface area (Å²) < 4.78 is 15.5. The first-order valence-electron chi connectivity index (χ1n) is 11.1. The van der Waals surface area contributed by atoms with E-state index in [2.05, 4.69) is 14.7 Å². The van der Waals surface area contributed by atoms with Crippen LogP contribution in [0.2, 0.25) is 0 Å². The van der Waals surface area contributed by atoms with E-state index in [0.717, 1.165) is 11.1 Å². The minimum Gasteiger partial charge on any atom is -0.478 e. The van der Waals surface area contributed by atoms with E-state index in [4.69, 9.17) is 26.0 Å². The molecule has 0 saturated heterocycles. The number of benzene rings is 2. The van der Waals surface area contributed by atoms with Gasteiger partial charge in [0, 0.05) is 12.1 Å². The normalized spacial score (nSPS) is 9.97. The van der Waals surface area contributed by atoms with Gasteiger partial charge in [0.25, 0.3) is 0 Å². The Labute approximate surface area is 213 Å². The summed E-state index contributed by atoms with van der Waals surface area (Å²) in [7, 11) is 1.29. The third-order valence-electron chi connectivity index (χ3n) is 4.89. The number of aromatic carboxylic acids is 1. The zero-order valence-electron chi connectivity index (χ0n) is 20.0. The minimum atomic E-state index is -1.10. The number of carboxylic acids is 1. The fourth-order valence-corrected chi connectivity index (χ4v) is 3.00. The van der Waals surface area contributed by atoms with Crippen LogP contribution in [0.5, 0.6) is 11.8 Å². The maximum absolute atomic E-state index is 11.3. The van der Waals surface area contributed by atoms with Crippen molar-refractivity contribution in [3.05, 3.63) is 107 Å². The molecule has 37 heavy (non-hydrogen) atoms. The van der Waals surface area contributed by atoms with Crippen LogP contribution in [0.1, 0.15) is 31.8 Å². The highest BCUT2D eigenvalue weighted by Crippen LogP contribution is 2.17. The molecule has 0 aliphatic heterocycles. The van der Waals surface area contributed by atoms with Gasteiger partial charge in [-0.15, -0.1) is 0 Å². The van der Waals surface area contributed by atoms with Crippen molar-refractivity contribution in [1.82, 2.24) is 9.97 Å². The summed E-state index contributed by atoms with van der Waals surface area (Å²) >= 11 is 0. The lowest BCUT2D eigenvalue weighted by Crippen LogP contribution is -2.08. The lowest BCUT2D eigenvalue weighted by atomic mass is 10.2. The monoisotopic (exact) mass is 502 g/mol. The highest BCUT2D eigenvalue weighted by atomic mass is 16.5. The summed E-state index contributed by atoms with van der Waals surface area (Å²) in [6.45, 7) is 0.755. The number of aromatic nitrogens is 2. The van der Waals surface area contributed by atoms with Crippen molar-refractivity contribution in [2.24, 2.45) is 0 Å². The van der Waals surface area contributed by atoms with Crippen LogP contribution in [0.15, 0.2) is 84.9 Å². The van der Waals surface area contributed by atoms with E-state index >= 15 is 0 Å². The van der Waals surface area contributed by atoms with Gasteiger partial charge >= 0.3 is 11.9 Å². The predicted octanol–water partition coefficient (Wildman–Crippen LogP) is 3.97. The molecule has 2 heterocycles. The summed E-state index contributed by atoms with van der Waals surface area (Å²) in [5.41, 5.74) is 13.4. The standard InChI is InChI=1S/C14H14N2O3.C13H12N2O3/c1-18-14(17)11-7-8-12(16-13(11)15)19-9-10-5-3-2-4-6-10;14-12-10(13(16)17)6-7-11(15-12)18-8-9-4-2-1-3-5-9/h2-8H,9H2,1H3,(H2,15,16);1-7H,8H2,(H2,14,15)(H,16,17). The predicted molar refractivity (Wildman–Crippen MR) is 137 cm³/mol. The van der Waals surface area contributed by atoms with Crippen LogP contribution in [0, 0.1) is 0 Å². The number of hydrogen-bond donors (Lipinski definition) is 3. The van der Waals surface area contributed by atoms with E-state index in [9.17, 15) is 9.59 Å². The van der Waals surface area contributed by atoms with Crippen molar-refractivity contribution < 1.29 is 28.9 Å². The second-order valence-electron chi connectivity index (χ2n) is 7.51. The van der Waals surface area contributed by atoms with Gasteiger partial charge in [-0.05, 0) is 23.3 Å². The topological polar surface area (TPSA) is 160 Å². The fourth-order valence-electron chi connectivity index (χ4n) is 3.00. The van der Waals surface area contributed by atoms with Gasteiger partial charge in [-0.25, -0.2) is 9.59 Å². The number of esters is 1. The van der Waals surface area contributed by atoms with E-state index in [0.29, 0.717) is 25.0 Å². The number of methoxy groups -OCH3 is 1. The first-order valence-corrected chi connectivity index (χ1v) is 11.1. The molecule has 0 atom stereocenters. The summed E-state index contributed by atoms with van der Waals surface area (Å²) in [6.07, 6.45) is 0. The third-order valence-corrected chi connectivity index (χ3v) is 4.89. The number of anilines is 2. The highest BCUT2D eigenvalue weighted by Gasteiger charge is 2.12. The van der Waals surface area contributed by atoms with Crippen LogP contribution in [0.25, 0.3) is 0 Å². The van der Waals surface area contributed by atoms with Gasteiger partial charge in [0.15, 0.2) is 0 Å². The molecule has 0 fully saturated rings. The van der Waals surface area contributed by atoms with E-state index in [1.54, 1.807) is 6.07 Å². The Kier molecular flexibility index (Phi) is 9.38. The molecule has 0 radical (unpaired) electrons. The van der Waals surface area contributed by atoms with Gasteiger partial charge in [0.05, 0.1) is 7.11 Å². The molecular weight excluding hydrogens is 476 g/mol. The van der Waals surface area contributed by atoms with Crippen molar-refractivity contribution >= 4 is 23.6 Å². The van der Waals surface area contributed by atoms with Crippen molar-refractivity contribution in [3.63, 3.8) is 0 Å². The fraction of sp³-hybridized carbons (Fsp3) is 0.111. The molecule has 0 amide bonds. The Morgan fingerprint density at radius 3 is 1.51 bits per heavy atom. The molecule has 0 spiro atoms. The molecular formula is C27H26N4O6. The molecule has 2 aromatic heterocycles. The lowest BCUT2D eigenvalue weighted by molar-refractivity contribution is 0.0600. The number of carbonyl (C=O) groups is 2. The molecule has 0 aliphatic carbocycles. The third kappa shape index (κ3) is 7.96. The average Bonchev–Trinajstić information content (AvgIpc) is 2.92. The number of rotatable bonds is 8. The van der Waals surface area contributed by atoms with Crippen LogP contribution >= 0.6 is 0 Å². The summed E-state index contributed by atoms with van der Waals surface area (Å²) in [4.78, 5) is 30.0. The smallest absolute Gasteiger partial charge is 0.341 e. The molecule has 2 aromatic carbocycles.